The fraction of sp³-hybridized carbons (Fsp3) is 0.222. The van der Waals surface area contributed by atoms with Crippen molar-refractivity contribution in [2.75, 3.05) is 5.32 Å². The molecule has 0 heterocycles. The van der Waals surface area contributed by atoms with Gasteiger partial charge in [-0.25, -0.2) is 0 Å². The fourth-order valence-electron chi connectivity index (χ4n) is 1.99. The number of anilines is 1. The first-order valence-electron chi connectivity index (χ1n) is 7.35. The summed E-state index contributed by atoms with van der Waals surface area (Å²) in [6.45, 7) is 5.71. The van der Waals surface area contributed by atoms with E-state index in [2.05, 4.69) is 10.6 Å². The Morgan fingerprint density at radius 3 is 2.17 bits per heavy atom. The summed E-state index contributed by atoms with van der Waals surface area (Å²) in [4.78, 5) is 24.5. The summed E-state index contributed by atoms with van der Waals surface area (Å²) in [7, 11) is 0. The van der Waals surface area contributed by atoms with Crippen LogP contribution in [0.5, 0.6) is 0 Å². The quantitative estimate of drug-likeness (QED) is 0.823. The molecule has 0 atom stereocenters. The predicted molar refractivity (Wildman–Crippen MR) is 98.1 cm³/mol. The van der Waals surface area contributed by atoms with Crippen LogP contribution in [0.2, 0.25) is 10.0 Å². The van der Waals surface area contributed by atoms with Crippen LogP contribution in [0.25, 0.3) is 0 Å². The number of halogens is 2. The SMILES string of the molecule is CC(C)(C)NC(=O)c1cccc(NC(=O)c2ccc(Cl)c(Cl)c2)c1. The van der Waals surface area contributed by atoms with E-state index in [1.807, 2.05) is 20.8 Å². The lowest BCUT2D eigenvalue weighted by atomic mass is 10.1. The van der Waals surface area contributed by atoms with Crippen LogP contribution in [0.4, 0.5) is 5.69 Å². The molecule has 0 aliphatic rings. The first-order valence-corrected chi connectivity index (χ1v) is 8.10. The minimum absolute atomic E-state index is 0.201. The molecule has 2 amide bonds. The van der Waals surface area contributed by atoms with Gasteiger partial charge in [-0.2, -0.15) is 0 Å². The zero-order valence-corrected chi connectivity index (χ0v) is 15.1. The van der Waals surface area contributed by atoms with Crippen LogP contribution >= 0.6 is 23.2 Å². The Balaban J connectivity index is 2.15. The average molecular weight is 365 g/mol. The van der Waals surface area contributed by atoms with Crippen molar-refractivity contribution in [2.45, 2.75) is 26.3 Å². The van der Waals surface area contributed by atoms with E-state index < -0.39 is 0 Å². The second kappa shape index (κ2) is 7.24. The van der Waals surface area contributed by atoms with Gasteiger partial charge in [0, 0.05) is 22.4 Å². The van der Waals surface area contributed by atoms with Crippen molar-refractivity contribution in [1.29, 1.82) is 0 Å². The lowest BCUT2D eigenvalue weighted by Crippen LogP contribution is -2.40. The van der Waals surface area contributed by atoms with Crippen LogP contribution in [0, 0.1) is 0 Å². The largest absolute Gasteiger partial charge is 0.347 e. The minimum atomic E-state index is -0.337. The molecule has 2 rings (SSSR count). The predicted octanol–water partition coefficient (Wildman–Crippen LogP) is 4.77. The number of rotatable bonds is 3. The third-order valence-electron chi connectivity index (χ3n) is 3.05. The molecular formula is C18H18Cl2N2O2. The first-order chi connectivity index (χ1) is 11.2. The summed E-state index contributed by atoms with van der Waals surface area (Å²) in [6.07, 6.45) is 0. The molecule has 0 radical (unpaired) electrons. The molecule has 0 aromatic heterocycles. The number of carbonyl (C=O) groups excluding carboxylic acids is 2. The van der Waals surface area contributed by atoms with Gasteiger partial charge >= 0.3 is 0 Å². The van der Waals surface area contributed by atoms with E-state index in [0.717, 1.165) is 0 Å². The summed E-state index contributed by atoms with van der Waals surface area (Å²) in [5, 5.41) is 6.31. The monoisotopic (exact) mass is 364 g/mol. The Morgan fingerprint density at radius 1 is 0.875 bits per heavy atom. The molecule has 4 nitrogen and oxygen atoms in total. The zero-order chi connectivity index (χ0) is 17.9. The molecular weight excluding hydrogens is 347 g/mol. The zero-order valence-electron chi connectivity index (χ0n) is 13.6. The Morgan fingerprint density at radius 2 is 1.54 bits per heavy atom. The number of hydrogen-bond acceptors (Lipinski definition) is 2. The molecule has 0 aliphatic carbocycles. The van der Waals surface area contributed by atoms with Crippen LogP contribution in [-0.2, 0) is 0 Å². The van der Waals surface area contributed by atoms with Gasteiger partial charge in [0.2, 0.25) is 0 Å². The van der Waals surface area contributed by atoms with Crippen molar-refractivity contribution in [2.24, 2.45) is 0 Å². The van der Waals surface area contributed by atoms with E-state index in [9.17, 15) is 9.59 Å². The topological polar surface area (TPSA) is 58.2 Å². The highest BCUT2D eigenvalue weighted by Crippen LogP contribution is 2.23. The number of carbonyl (C=O) groups is 2. The highest BCUT2D eigenvalue weighted by molar-refractivity contribution is 6.42. The normalized spacial score (nSPS) is 11.0. The maximum atomic E-state index is 12.3. The maximum Gasteiger partial charge on any atom is 0.255 e. The van der Waals surface area contributed by atoms with Crippen molar-refractivity contribution < 1.29 is 9.59 Å². The van der Waals surface area contributed by atoms with E-state index >= 15 is 0 Å². The minimum Gasteiger partial charge on any atom is -0.347 e. The van der Waals surface area contributed by atoms with Crippen LogP contribution in [0.1, 0.15) is 41.5 Å². The summed E-state index contributed by atoms with van der Waals surface area (Å²) in [6, 6.07) is 11.4. The summed E-state index contributed by atoms with van der Waals surface area (Å²) in [5.41, 5.74) is 1.04. The van der Waals surface area contributed by atoms with Gasteiger partial charge in [-0.15, -0.1) is 0 Å². The van der Waals surface area contributed by atoms with E-state index in [-0.39, 0.29) is 17.4 Å². The molecule has 2 aromatic carbocycles. The molecule has 2 N–H and O–H groups in total. The number of amides is 2. The molecule has 0 bridgehead atoms. The lowest BCUT2D eigenvalue weighted by molar-refractivity contribution is 0.0918. The fourth-order valence-corrected chi connectivity index (χ4v) is 2.29. The first kappa shape index (κ1) is 18.3. The van der Waals surface area contributed by atoms with Gasteiger partial charge in [0.25, 0.3) is 11.8 Å². The van der Waals surface area contributed by atoms with Gasteiger partial charge in [0.15, 0.2) is 0 Å². The molecule has 0 saturated heterocycles. The van der Waals surface area contributed by atoms with Crippen molar-refractivity contribution in [3.63, 3.8) is 0 Å². The Kier molecular flexibility index (Phi) is 5.52. The molecule has 0 aliphatic heterocycles. The van der Waals surface area contributed by atoms with Crippen molar-refractivity contribution in [3.05, 3.63) is 63.6 Å². The van der Waals surface area contributed by atoms with E-state index in [1.165, 1.54) is 6.07 Å². The molecule has 2 aromatic rings. The van der Waals surface area contributed by atoms with Crippen molar-refractivity contribution in [1.82, 2.24) is 5.32 Å². The summed E-state index contributed by atoms with van der Waals surface area (Å²) >= 11 is 11.8. The van der Waals surface area contributed by atoms with Crippen LogP contribution < -0.4 is 10.6 Å². The Bertz CT molecular complexity index is 783. The number of benzene rings is 2. The molecule has 0 fully saturated rings. The highest BCUT2D eigenvalue weighted by Gasteiger charge is 2.16. The molecule has 6 heteroatoms. The number of hydrogen-bond donors (Lipinski definition) is 2. The molecule has 0 unspecified atom stereocenters. The van der Waals surface area contributed by atoms with Gasteiger partial charge in [0.05, 0.1) is 10.0 Å². The molecule has 126 valence electrons. The standard InChI is InChI=1S/C18H18Cl2N2O2/c1-18(2,3)22-17(24)11-5-4-6-13(9-11)21-16(23)12-7-8-14(19)15(20)10-12/h4-10H,1-3H3,(H,21,23)(H,22,24). The lowest BCUT2D eigenvalue weighted by Gasteiger charge is -2.20. The van der Waals surface area contributed by atoms with Gasteiger partial charge in [-0.1, -0.05) is 29.3 Å². The molecule has 24 heavy (non-hydrogen) atoms. The third-order valence-corrected chi connectivity index (χ3v) is 3.79. The molecule has 0 saturated carbocycles. The second-order valence-corrected chi connectivity index (χ2v) is 7.18. The molecule has 0 spiro atoms. The van der Waals surface area contributed by atoms with Crippen LogP contribution in [-0.4, -0.2) is 17.4 Å². The Labute approximate surface area is 151 Å². The van der Waals surface area contributed by atoms with E-state index in [1.54, 1.807) is 36.4 Å². The second-order valence-electron chi connectivity index (χ2n) is 6.37. The Hall–Kier alpha value is -2.04. The van der Waals surface area contributed by atoms with Crippen molar-refractivity contribution >= 4 is 40.7 Å². The van der Waals surface area contributed by atoms with Crippen LogP contribution in [0.3, 0.4) is 0 Å². The van der Waals surface area contributed by atoms with Gasteiger partial charge in [-0.3, -0.25) is 9.59 Å². The van der Waals surface area contributed by atoms with Crippen LogP contribution in [0.15, 0.2) is 42.5 Å². The summed E-state index contributed by atoms with van der Waals surface area (Å²) < 4.78 is 0. The summed E-state index contributed by atoms with van der Waals surface area (Å²) in [5.74, 6) is -0.532. The third kappa shape index (κ3) is 4.98. The average Bonchev–Trinajstić information content (AvgIpc) is 2.48. The van der Waals surface area contributed by atoms with E-state index in [4.69, 9.17) is 23.2 Å². The van der Waals surface area contributed by atoms with Gasteiger partial charge in [0.1, 0.15) is 0 Å². The smallest absolute Gasteiger partial charge is 0.255 e. The van der Waals surface area contributed by atoms with E-state index in [0.29, 0.717) is 26.9 Å². The number of nitrogens with one attached hydrogen (secondary N) is 2. The van der Waals surface area contributed by atoms with Crippen molar-refractivity contribution in [3.8, 4) is 0 Å². The van der Waals surface area contributed by atoms with Gasteiger partial charge < -0.3 is 10.6 Å². The highest BCUT2D eigenvalue weighted by atomic mass is 35.5. The maximum absolute atomic E-state index is 12.3. The van der Waals surface area contributed by atoms with Gasteiger partial charge in [-0.05, 0) is 57.2 Å².